The largest absolute Gasteiger partial charge is 0.493 e. The summed E-state index contributed by atoms with van der Waals surface area (Å²) in [5, 5.41) is 14.2. The average molecular weight is 258 g/mol. The molecule has 19 heavy (non-hydrogen) atoms. The molecule has 0 saturated heterocycles. The number of fused-ring (bicyclic) bond motifs is 1. The van der Waals surface area contributed by atoms with E-state index in [1.54, 1.807) is 13.1 Å². The van der Waals surface area contributed by atoms with Gasteiger partial charge in [0.2, 0.25) is 5.88 Å². The van der Waals surface area contributed by atoms with Gasteiger partial charge in [0.25, 0.3) is 0 Å². The predicted molar refractivity (Wildman–Crippen MR) is 67.3 cm³/mol. The number of nitrogens with zero attached hydrogens (tertiary/aromatic N) is 4. The fourth-order valence-corrected chi connectivity index (χ4v) is 1.99. The lowest BCUT2D eigenvalue weighted by molar-refractivity contribution is 0.431. The highest BCUT2D eigenvalue weighted by molar-refractivity contribution is 5.67. The first-order chi connectivity index (χ1) is 9.08. The summed E-state index contributed by atoms with van der Waals surface area (Å²) in [5.41, 5.74) is 2.93. The Hall–Kier alpha value is -2.50. The number of halogens is 1. The third-order valence-electron chi connectivity index (χ3n) is 3.01. The Morgan fingerprint density at radius 2 is 2.00 bits per heavy atom. The van der Waals surface area contributed by atoms with Crippen LogP contribution in [-0.2, 0) is 0 Å². The summed E-state index contributed by atoms with van der Waals surface area (Å²) in [7, 11) is 0. The Labute approximate surface area is 108 Å². The highest BCUT2D eigenvalue weighted by atomic mass is 19.1. The lowest BCUT2D eigenvalue weighted by Crippen LogP contribution is -1.99. The first-order valence-electron chi connectivity index (χ1n) is 5.72. The molecule has 6 heteroatoms. The van der Waals surface area contributed by atoms with Crippen LogP contribution in [0.4, 0.5) is 4.39 Å². The lowest BCUT2D eigenvalue weighted by atomic mass is 10.1. The van der Waals surface area contributed by atoms with Crippen molar-refractivity contribution in [2.75, 3.05) is 0 Å². The van der Waals surface area contributed by atoms with Gasteiger partial charge in [-0.3, -0.25) is 4.98 Å². The molecule has 3 heterocycles. The maximum atomic E-state index is 13.2. The third-order valence-corrected chi connectivity index (χ3v) is 3.01. The lowest BCUT2D eigenvalue weighted by Gasteiger charge is -2.08. The summed E-state index contributed by atoms with van der Waals surface area (Å²) in [5.74, 6) is -0.444. The fourth-order valence-electron chi connectivity index (χ4n) is 1.99. The summed E-state index contributed by atoms with van der Waals surface area (Å²) >= 11 is 0. The number of hydrogen-bond donors (Lipinski definition) is 1. The number of aryl methyl sites for hydroxylation is 1. The van der Waals surface area contributed by atoms with E-state index in [0.717, 1.165) is 11.8 Å². The molecular formula is C13H11FN4O. The van der Waals surface area contributed by atoms with Crippen molar-refractivity contribution in [3.8, 4) is 17.1 Å². The summed E-state index contributed by atoms with van der Waals surface area (Å²) in [6.07, 6.45) is 4.26. The zero-order valence-corrected chi connectivity index (χ0v) is 10.4. The van der Waals surface area contributed by atoms with Gasteiger partial charge in [-0.1, -0.05) is 0 Å². The third kappa shape index (κ3) is 1.72. The van der Waals surface area contributed by atoms with Crippen LogP contribution in [0.1, 0.15) is 11.1 Å². The van der Waals surface area contributed by atoms with Crippen LogP contribution in [0.3, 0.4) is 0 Å². The first-order valence-corrected chi connectivity index (χ1v) is 5.72. The van der Waals surface area contributed by atoms with E-state index in [9.17, 15) is 9.50 Å². The zero-order valence-electron chi connectivity index (χ0n) is 10.4. The molecule has 3 rings (SSSR count). The van der Waals surface area contributed by atoms with Crippen LogP contribution in [0.15, 0.2) is 24.7 Å². The first kappa shape index (κ1) is 11.6. The normalized spacial score (nSPS) is 11.1. The van der Waals surface area contributed by atoms with Gasteiger partial charge in [-0.2, -0.15) is 9.61 Å². The van der Waals surface area contributed by atoms with Gasteiger partial charge >= 0.3 is 0 Å². The molecule has 0 radical (unpaired) electrons. The second kappa shape index (κ2) is 4.01. The van der Waals surface area contributed by atoms with Crippen molar-refractivity contribution < 1.29 is 9.50 Å². The maximum Gasteiger partial charge on any atom is 0.219 e. The van der Waals surface area contributed by atoms with Gasteiger partial charge in [0, 0.05) is 22.9 Å². The molecule has 5 nitrogen and oxygen atoms in total. The molecule has 0 aliphatic rings. The van der Waals surface area contributed by atoms with Gasteiger partial charge in [-0.05, 0) is 19.9 Å². The molecule has 0 aliphatic carbocycles. The molecule has 0 atom stereocenters. The molecule has 0 aliphatic heterocycles. The standard InChI is InChI=1S/C13H11FN4O/c1-7-4-16-18-12(7)17-11(8(2)13(18)19)9-3-10(14)6-15-5-9/h3-6,19H,1-2H3. The van der Waals surface area contributed by atoms with Gasteiger partial charge in [0.05, 0.1) is 18.1 Å². The molecule has 0 unspecified atom stereocenters. The molecule has 1 N–H and O–H groups in total. The fraction of sp³-hybridized carbons (Fsp3) is 0.154. The second-order valence-electron chi connectivity index (χ2n) is 4.36. The Bertz CT molecular complexity index is 782. The van der Waals surface area contributed by atoms with E-state index in [4.69, 9.17) is 0 Å². The molecule has 0 bridgehead atoms. The van der Waals surface area contributed by atoms with Crippen LogP contribution < -0.4 is 0 Å². The molecule has 0 saturated carbocycles. The van der Waals surface area contributed by atoms with Crippen molar-refractivity contribution in [1.29, 1.82) is 0 Å². The minimum Gasteiger partial charge on any atom is -0.493 e. The number of hydrogen-bond acceptors (Lipinski definition) is 4. The molecule has 3 aromatic heterocycles. The van der Waals surface area contributed by atoms with E-state index >= 15 is 0 Å². The zero-order chi connectivity index (χ0) is 13.6. The van der Waals surface area contributed by atoms with Crippen LogP contribution in [0.2, 0.25) is 0 Å². The molecule has 3 aromatic rings. The molecule has 0 spiro atoms. The van der Waals surface area contributed by atoms with Crippen molar-refractivity contribution in [3.63, 3.8) is 0 Å². The van der Waals surface area contributed by atoms with Crippen LogP contribution in [0.25, 0.3) is 16.9 Å². The van der Waals surface area contributed by atoms with Crippen LogP contribution in [-0.4, -0.2) is 24.7 Å². The smallest absolute Gasteiger partial charge is 0.219 e. The molecule has 0 amide bonds. The van der Waals surface area contributed by atoms with Crippen LogP contribution in [0.5, 0.6) is 5.88 Å². The van der Waals surface area contributed by atoms with Gasteiger partial charge < -0.3 is 5.11 Å². The number of rotatable bonds is 1. The average Bonchev–Trinajstić information content (AvgIpc) is 2.75. The monoisotopic (exact) mass is 258 g/mol. The van der Waals surface area contributed by atoms with Crippen molar-refractivity contribution in [1.82, 2.24) is 19.6 Å². The van der Waals surface area contributed by atoms with Crippen molar-refractivity contribution >= 4 is 5.65 Å². The van der Waals surface area contributed by atoms with E-state index in [1.165, 1.54) is 16.8 Å². The SMILES string of the molecule is Cc1c(-c2cncc(F)c2)nc2c(C)cnn2c1O. The van der Waals surface area contributed by atoms with E-state index in [0.29, 0.717) is 22.5 Å². The van der Waals surface area contributed by atoms with E-state index in [2.05, 4.69) is 15.1 Å². The summed E-state index contributed by atoms with van der Waals surface area (Å²) < 4.78 is 14.6. The van der Waals surface area contributed by atoms with Gasteiger partial charge in [-0.15, -0.1) is 0 Å². The summed E-state index contributed by atoms with van der Waals surface area (Å²) in [6, 6.07) is 1.34. The Morgan fingerprint density at radius 1 is 1.21 bits per heavy atom. The minimum absolute atomic E-state index is 0.00244. The van der Waals surface area contributed by atoms with E-state index in [-0.39, 0.29) is 5.88 Å². The van der Waals surface area contributed by atoms with Crippen molar-refractivity contribution in [2.45, 2.75) is 13.8 Å². The predicted octanol–water partition coefficient (Wildman–Crippen LogP) is 2.25. The van der Waals surface area contributed by atoms with E-state index < -0.39 is 5.82 Å². The summed E-state index contributed by atoms with van der Waals surface area (Å²) in [6.45, 7) is 3.55. The molecule has 0 aromatic carbocycles. The van der Waals surface area contributed by atoms with Crippen LogP contribution in [0, 0.1) is 19.7 Å². The molecular weight excluding hydrogens is 247 g/mol. The topological polar surface area (TPSA) is 63.3 Å². The quantitative estimate of drug-likeness (QED) is 0.727. The Balaban J connectivity index is 2.35. The van der Waals surface area contributed by atoms with Gasteiger partial charge in [0.15, 0.2) is 5.65 Å². The highest BCUT2D eigenvalue weighted by Crippen LogP contribution is 2.29. The number of pyridine rings is 1. The van der Waals surface area contributed by atoms with Gasteiger partial charge in [0.1, 0.15) is 5.82 Å². The van der Waals surface area contributed by atoms with Gasteiger partial charge in [-0.25, -0.2) is 9.37 Å². The van der Waals surface area contributed by atoms with Crippen molar-refractivity contribution in [3.05, 3.63) is 41.6 Å². The van der Waals surface area contributed by atoms with Crippen LogP contribution >= 0.6 is 0 Å². The Morgan fingerprint density at radius 3 is 2.74 bits per heavy atom. The molecule has 96 valence electrons. The minimum atomic E-state index is -0.441. The second-order valence-corrected chi connectivity index (χ2v) is 4.36. The number of aromatic nitrogens is 4. The van der Waals surface area contributed by atoms with E-state index in [1.807, 2.05) is 6.92 Å². The number of aromatic hydroxyl groups is 1. The highest BCUT2D eigenvalue weighted by Gasteiger charge is 2.15. The van der Waals surface area contributed by atoms with Crippen molar-refractivity contribution in [2.24, 2.45) is 0 Å². The maximum absolute atomic E-state index is 13.2. The summed E-state index contributed by atoms with van der Waals surface area (Å²) in [4.78, 5) is 8.24. The Kier molecular flexibility index (Phi) is 2.45. The molecule has 0 fully saturated rings.